The Morgan fingerprint density at radius 2 is 1.81 bits per heavy atom. The molecule has 0 aromatic heterocycles. The van der Waals surface area contributed by atoms with Gasteiger partial charge >= 0.3 is 0 Å². The summed E-state index contributed by atoms with van der Waals surface area (Å²) >= 11 is 0. The van der Waals surface area contributed by atoms with E-state index in [0.29, 0.717) is 10.8 Å². The van der Waals surface area contributed by atoms with E-state index >= 15 is 0 Å². The van der Waals surface area contributed by atoms with E-state index in [1.54, 1.807) is 5.57 Å². The van der Waals surface area contributed by atoms with Crippen LogP contribution in [0.3, 0.4) is 0 Å². The van der Waals surface area contributed by atoms with E-state index < -0.39 is 0 Å². The van der Waals surface area contributed by atoms with E-state index in [4.69, 9.17) is 0 Å². The highest BCUT2D eigenvalue weighted by Gasteiger charge is 2.58. The Morgan fingerprint density at radius 1 is 1.00 bits per heavy atom. The molecule has 0 radical (unpaired) electrons. The van der Waals surface area contributed by atoms with Gasteiger partial charge in [-0.25, -0.2) is 0 Å². The maximum absolute atomic E-state index is 2.72. The third-order valence-electron chi connectivity index (χ3n) is 9.85. The summed E-state index contributed by atoms with van der Waals surface area (Å²) in [4.78, 5) is 0. The van der Waals surface area contributed by atoms with Crippen LogP contribution in [0.15, 0.2) is 23.8 Å². The topological polar surface area (TPSA) is 0 Å². The minimum Gasteiger partial charge on any atom is -0.0842 e. The Bertz CT molecular complexity index is 595. The molecule has 1 unspecified atom stereocenters. The number of hydrogen-bond donors (Lipinski definition) is 0. The summed E-state index contributed by atoms with van der Waals surface area (Å²) in [6, 6.07) is 0. The van der Waals surface area contributed by atoms with Gasteiger partial charge in [0, 0.05) is 0 Å². The van der Waals surface area contributed by atoms with Crippen LogP contribution in [0.2, 0.25) is 0 Å². The van der Waals surface area contributed by atoms with Crippen LogP contribution in [0.1, 0.15) is 98.8 Å². The molecule has 0 bridgehead atoms. The molecule has 27 heavy (non-hydrogen) atoms. The molecule has 0 aromatic rings. The zero-order valence-electron chi connectivity index (χ0n) is 18.8. The standard InChI is InChI=1S/C27H44/c1-19(2)9-8-10-20(3)23-14-15-24-22-13-12-21-11-6-7-17-26(21,4)25(22)16-18-27(23,24)5/h6,11-12,19-20,22-25H,7-10,13-18H2,1-5H3/t20?,22-,23+,24-,25-,26-,27+/m0/s1. The average Bonchev–Trinajstić information content (AvgIpc) is 2.98. The van der Waals surface area contributed by atoms with E-state index in [0.717, 1.165) is 35.5 Å². The lowest BCUT2D eigenvalue weighted by molar-refractivity contribution is -0.0451. The summed E-state index contributed by atoms with van der Waals surface area (Å²) in [6.45, 7) is 12.7. The van der Waals surface area contributed by atoms with Gasteiger partial charge in [0.2, 0.25) is 0 Å². The van der Waals surface area contributed by atoms with Gasteiger partial charge < -0.3 is 0 Å². The molecule has 2 fully saturated rings. The number of fused-ring (bicyclic) bond motifs is 5. The summed E-state index contributed by atoms with van der Waals surface area (Å²) < 4.78 is 0. The van der Waals surface area contributed by atoms with Crippen molar-refractivity contribution in [2.45, 2.75) is 98.8 Å². The molecular formula is C27H44. The van der Waals surface area contributed by atoms with Gasteiger partial charge in [0.1, 0.15) is 0 Å². The van der Waals surface area contributed by atoms with Gasteiger partial charge in [-0.1, -0.05) is 72.1 Å². The van der Waals surface area contributed by atoms with Crippen LogP contribution < -0.4 is 0 Å². The molecule has 0 amide bonds. The highest BCUT2D eigenvalue weighted by molar-refractivity contribution is 5.34. The summed E-state index contributed by atoms with van der Waals surface area (Å²) in [6.07, 6.45) is 22.0. The van der Waals surface area contributed by atoms with Crippen molar-refractivity contribution in [2.24, 2.45) is 46.3 Å². The maximum Gasteiger partial charge on any atom is -0.00445 e. The van der Waals surface area contributed by atoms with E-state index in [2.05, 4.69) is 52.8 Å². The normalized spacial score (nSPS) is 44.4. The van der Waals surface area contributed by atoms with Gasteiger partial charge in [-0.2, -0.15) is 0 Å². The van der Waals surface area contributed by atoms with Gasteiger partial charge in [0.15, 0.2) is 0 Å². The largest absolute Gasteiger partial charge is 0.0842 e. The molecule has 0 heterocycles. The lowest BCUT2D eigenvalue weighted by Gasteiger charge is -2.57. The van der Waals surface area contributed by atoms with Crippen molar-refractivity contribution < 1.29 is 0 Å². The van der Waals surface area contributed by atoms with Crippen molar-refractivity contribution in [3.05, 3.63) is 23.8 Å². The van der Waals surface area contributed by atoms with Crippen LogP contribution in [0.5, 0.6) is 0 Å². The predicted molar refractivity (Wildman–Crippen MR) is 118 cm³/mol. The fourth-order valence-corrected chi connectivity index (χ4v) is 8.32. The molecule has 4 rings (SSSR count). The quantitative estimate of drug-likeness (QED) is 0.459. The van der Waals surface area contributed by atoms with Crippen LogP contribution in [0.4, 0.5) is 0 Å². The number of rotatable bonds is 5. The molecule has 0 N–H and O–H groups in total. The summed E-state index contributed by atoms with van der Waals surface area (Å²) in [5, 5.41) is 0. The minimum atomic E-state index is 0.486. The third kappa shape index (κ3) is 3.28. The minimum absolute atomic E-state index is 0.486. The van der Waals surface area contributed by atoms with E-state index in [1.807, 2.05) is 0 Å². The van der Waals surface area contributed by atoms with Gasteiger partial charge in [-0.05, 0) is 96.9 Å². The first kappa shape index (κ1) is 19.8. The summed E-state index contributed by atoms with van der Waals surface area (Å²) in [5.41, 5.74) is 2.81. The Balaban J connectivity index is 1.50. The zero-order valence-corrected chi connectivity index (χ0v) is 18.8. The second kappa shape index (κ2) is 7.38. The summed E-state index contributed by atoms with van der Waals surface area (Å²) in [5.74, 6) is 5.70. The summed E-state index contributed by atoms with van der Waals surface area (Å²) in [7, 11) is 0. The Labute approximate surface area is 169 Å². The zero-order chi connectivity index (χ0) is 19.2. The Hall–Kier alpha value is -0.520. The van der Waals surface area contributed by atoms with Gasteiger partial charge in [0.05, 0.1) is 0 Å². The second-order valence-electron chi connectivity index (χ2n) is 11.7. The molecule has 0 aromatic carbocycles. The third-order valence-corrected chi connectivity index (χ3v) is 9.85. The smallest absolute Gasteiger partial charge is 0.00445 e. The van der Waals surface area contributed by atoms with Crippen molar-refractivity contribution in [3.8, 4) is 0 Å². The van der Waals surface area contributed by atoms with Crippen molar-refractivity contribution in [1.29, 1.82) is 0 Å². The first-order valence-corrected chi connectivity index (χ1v) is 12.2. The van der Waals surface area contributed by atoms with Gasteiger partial charge in [-0.15, -0.1) is 0 Å². The van der Waals surface area contributed by atoms with E-state index in [1.165, 1.54) is 64.2 Å². The van der Waals surface area contributed by atoms with Crippen molar-refractivity contribution in [3.63, 3.8) is 0 Å². The SMILES string of the molecule is CC(C)CCCC(C)[C@H]1CC[C@H]2[C@@H]3CC=C4C=CCC[C@]4(C)[C@H]3CC[C@]12C. The molecule has 0 spiro atoms. The van der Waals surface area contributed by atoms with E-state index in [9.17, 15) is 0 Å². The number of allylic oxidation sites excluding steroid dienone is 4. The van der Waals surface area contributed by atoms with Gasteiger partial charge in [0.25, 0.3) is 0 Å². The fraction of sp³-hybridized carbons (Fsp3) is 0.852. The molecule has 152 valence electrons. The fourth-order valence-electron chi connectivity index (χ4n) is 8.32. The second-order valence-corrected chi connectivity index (χ2v) is 11.7. The Morgan fingerprint density at radius 3 is 2.59 bits per heavy atom. The Kier molecular flexibility index (Phi) is 5.41. The average molecular weight is 369 g/mol. The van der Waals surface area contributed by atoms with Crippen LogP contribution >= 0.6 is 0 Å². The van der Waals surface area contributed by atoms with Crippen molar-refractivity contribution >= 4 is 0 Å². The van der Waals surface area contributed by atoms with Crippen LogP contribution in [0.25, 0.3) is 0 Å². The molecule has 0 nitrogen and oxygen atoms in total. The lowest BCUT2D eigenvalue weighted by Crippen LogP contribution is -2.49. The van der Waals surface area contributed by atoms with Crippen LogP contribution in [-0.4, -0.2) is 0 Å². The number of hydrogen-bond acceptors (Lipinski definition) is 0. The maximum atomic E-state index is 2.72. The first-order valence-electron chi connectivity index (χ1n) is 12.2. The molecular weight excluding hydrogens is 324 g/mol. The van der Waals surface area contributed by atoms with E-state index in [-0.39, 0.29) is 0 Å². The molecule has 4 aliphatic rings. The molecule has 7 atom stereocenters. The molecule has 2 saturated carbocycles. The molecule has 0 heteroatoms. The first-order chi connectivity index (χ1) is 12.9. The van der Waals surface area contributed by atoms with Gasteiger partial charge in [-0.3, -0.25) is 0 Å². The highest BCUT2D eigenvalue weighted by atomic mass is 14.6. The monoisotopic (exact) mass is 368 g/mol. The van der Waals surface area contributed by atoms with Crippen LogP contribution in [-0.2, 0) is 0 Å². The molecule has 4 aliphatic carbocycles. The molecule has 0 aliphatic heterocycles. The van der Waals surface area contributed by atoms with Crippen LogP contribution in [0, 0.1) is 46.3 Å². The van der Waals surface area contributed by atoms with Crippen molar-refractivity contribution in [2.75, 3.05) is 0 Å². The lowest BCUT2D eigenvalue weighted by atomic mass is 9.47. The molecule has 0 saturated heterocycles. The predicted octanol–water partition coefficient (Wildman–Crippen LogP) is 8.19. The van der Waals surface area contributed by atoms with Crippen molar-refractivity contribution in [1.82, 2.24) is 0 Å². The highest BCUT2D eigenvalue weighted by Crippen LogP contribution is 2.66.